The van der Waals surface area contributed by atoms with Crippen LogP contribution in [0, 0.1) is 13.8 Å². The molecule has 0 aliphatic carbocycles. The average molecular weight is 411 g/mol. The van der Waals surface area contributed by atoms with Gasteiger partial charge in [-0.3, -0.25) is 4.90 Å². The number of hydrogen-bond donors (Lipinski definition) is 1. The summed E-state index contributed by atoms with van der Waals surface area (Å²) in [5.74, 6) is 0.853. The number of aliphatic hydroxyl groups is 1. The summed E-state index contributed by atoms with van der Waals surface area (Å²) in [5, 5.41) is 12.0. The lowest BCUT2D eigenvalue weighted by Crippen LogP contribution is -2.32. The van der Waals surface area contributed by atoms with E-state index in [1.807, 2.05) is 26.1 Å². The molecule has 162 valence electrons. The number of rotatable bonds is 11. The predicted molar refractivity (Wildman–Crippen MR) is 122 cm³/mol. The Bertz CT molecular complexity index is 933. The van der Waals surface area contributed by atoms with Gasteiger partial charge >= 0.3 is 0 Å². The summed E-state index contributed by atoms with van der Waals surface area (Å²) in [5.41, 5.74) is 4.89. The van der Waals surface area contributed by atoms with Gasteiger partial charge in [0.25, 0.3) is 0 Å². The number of para-hydroxylation sites is 1. The second-order valence-corrected chi connectivity index (χ2v) is 7.88. The molecule has 0 aliphatic heterocycles. The van der Waals surface area contributed by atoms with Crippen LogP contribution in [0.4, 0.5) is 0 Å². The van der Waals surface area contributed by atoms with Crippen molar-refractivity contribution in [1.29, 1.82) is 0 Å². The molecule has 0 saturated carbocycles. The molecule has 3 rings (SSSR count). The molecule has 30 heavy (non-hydrogen) atoms. The molecular formula is C25H34N2O3. The van der Waals surface area contributed by atoms with E-state index >= 15 is 0 Å². The van der Waals surface area contributed by atoms with Crippen molar-refractivity contribution in [1.82, 2.24) is 9.47 Å². The highest BCUT2D eigenvalue weighted by Crippen LogP contribution is 2.25. The Kier molecular flexibility index (Phi) is 7.91. The van der Waals surface area contributed by atoms with Crippen molar-refractivity contribution in [2.75, 3.05) is 33.4 Å². The van der Waals surface area contributed by atoms with Crippen molar-refractivity contribution < 1.29 is 14.6 Å². The number of ether oxygens (including phenoxy) is 2. The molecule has 0 bridgehead atoms. The fraction of sp³-hybridized carbons (Fsp3) is 0.440. The van der Waals surface area contributed by atoms with Crippen molar-refractivity contribution in [3.63, 3.8) is 0 Å². The lowest BCUT2D eigenvalue weighted by atomic mass is 10.2. The highest BCUT2D eigenvalue weighted by Gasteiger charge is 2.15. The molecule has 0 unspecified atom stereocenters. The summed E-state index contributed by atoms with van der Waals surface area (Å²) in [7, 11) is 2.04. The van der Waals surface area contributed by atoms with E-state index < -0.39 is 6.10 Å². The number of likely N-dealkylation sites (N-methyl/N-ethyl adjacent to an activating group) is 1. The van der Waals surface area contributed by atoms with Gasteiger partial charge in [-0.1, -0.05) is 30.3 Å². The van der Waals surface area contributed by atoms with Crippen molar-refractivity contribution in [2.45, 2.75) is 40.0 Å². The van der Waals surface area contributed by atoms with Crippen LogP contribution < -0.4 is 4.74 Å². The summed E-state index contributed by atoms with van der Waals surface area (Å²) in [6, 6.07) is 16.5. The molecular weight excluding hydrogens is 376 g/mol. The van der Waals surface area contributed by atoms with E-state index in [0.29, 0.717) is 32.9 Å². The quantitative estimate of drug-likeness (QED) is 0.482. The Balaban J connectivity index is 1.53. The molecule has 0 aliphatic rings. The molecule has 2 aromatic carbocycles. The Labute approximate surface area is 179 Å². The fourth-order valence-corrected chi connectivity index (χ4v) is 3.90. The SMILES string of the molecule is CCOCCOc1ccc(CN(C)C[C@@H](O)Cn2c(C)c(C)c3ccccc32)cc1. The topological polar surface area (TPSA) is 46.9 Å². The summed E-state index contributed by atoms with van der Waals surface area (Å²) >= 11 is 0. The largest absolute Gasteiger partial charge is 0.491 e. The summed E-state index contributed by atoms with van der Waals surface area (Å²) in [4.78, 5) is 2.16. The second-order valence-electron chi connectivity index (χ2n) is 7.88. The van der Waals surface area contributed by atoms with Gasteiger partial charge in [0, 0.05) is 36.3 Å². The predicted octanol–water partition coefficient (Wildman–Crippen LogP) is 4.17. The van der Waals surface area contributed by atoms with E-state index in [2.05, 4.69) is 59.7 Å². The number of hydrogen-bond acceptors (Lipinski definition) is 4. The second kappa shape index (κ2) is 10.6. The minimum atomic E-state index is -0.440. The first-order chi connectivity index (χ1) is 14.5. The standard InChI is InChI=1S/C25H34N2O3/c1-5-29-14-15-30-23-12-10-21(11-13-23)16-26(4)17-22(28)18-27-20(3)19(2)24-8-6-7-9-25(24)27/h6-13,22,28H,5,14-18H2,1-4H3/t22-/m1/s1. The summed E-state index contributed by atoms with van der Waals surface area (Å²) < 4.78 is 13.2. The zero-order valence-corrected chi connectivity index (χ0v) is 18.6. The lowest BCUT2D eigenvalue weighted by molar-refractivity contribution is 0.107. The van der Waals surface area contributed by atoms with Gasteiger partial charge < -0.3 is 19.1 Å². The molecule has 1 N–H and O–H groups in total. The molecule has 1 heterocycles. The highest BCUT2D eigenvalue weighted by atomic mass is 16.5. The van der Waals surface area contributed by atoms with Crippen LogP contribution in [-0.2, 0) is 17.8 Å². The van der Waals surface area contributed by atoms with Crippen molar-refractivity contribution in [2.24, 2.45) is 0 Å². The summed E-state index contributed by atoms with van der Waals surface area (Å²) in [6.07, 6.45) is -0.440. The van der Waals surface area contributed by atoms with Gasteiger partial charge in [0.05, 0.1) is 19.3 Å². The molecule has 0 saturated heterocycles. The molecule has 5 heteroatoms. The smallest absolute Gasteiger partial charge is 0.119 e. The van der Waals surface area contributed by atoms with Gasteiger partial charge in [-0.15, -0.1) is 0 Å². The minimum absolute atomic E-state index is 0.440. The third-order valence-corrected chi connectivity index (χ3v) is 5.54. The van der Waals surface area contributed by atoms with Crippen molar-refractivity contribution in [3.8, 4) is 5.75 Å². The first-order valence-corrected chi connectivity index (χ1v) is 10.7. The van der Waals surface area contributed by atoms with Gasteiger partial charge in [0.1, 0.15) is 12.4 Å². The van der Waals surface area contributed by atoms with Crippen molar-refractivity contribution >= 4 is 10.9 Å². The Hall–Kier alpha value is -2.34. The van der Waals surface area contributed by atoms with Crippen LogP contribution in [0.5, 0.6) is 5.75 Å². The number of fused-ring (bicyclic) bond motifs is 1. The van der Waals surface area contributed by atoms with Gasteiger partial charge in [0.2, 0.25) is 0 Å². The third kappa shape index (κ3) is 5.63. The van der Waals surface area contributed by atoms with E-state index in [1.54, 1.807) is 0 Å². The third-order valence-electron chi connectivity index (χ3n) is 5.54. The zero-order chi connectivity index (χ0) is 21.5. The van der Waals surface area contributed by atoms with Gasteiger partial charge in [0.15, 0.2) is 0 Å². The Morgan fingerprint density at radius 2 is 1.77 bits per heavy atom. The lowest BCUT2D eigenvalue weighted by Gasteiger charge is -2.22. The maximum absolute atomic E-state index is 10.7. The van der Waals surface area contributed by atoms with Crippen LogP contribution in [0.15, 0.2) is 48.5 Å². The summed E-state index contributed by atoms with van der Waals surface area (Å²) in [6.45, 7) is 10.1. The Morgan fingerprint density at radius 3 is 2.50 bits per heavy atom. The van der Waals surface area contributed by atoms with Crippen LogP contribution in [-0.4, -0.2) is 54.1 Å². The molecule has 3 aromatic rings. The van der Waals surface area contributed by atoms with E-state index in [1.165, 1.54) is 27.7 Å². The number of aliphatic hydroxyl groups excluding tert-OH is 1. The molecule has 1 aromatic heterocycles. The van der Waals surface area contributed by atoms with Crippen LogP contribution in [0.2, 0.25) is 0 Å². The first kappa shape index (κ1) is 22.3. The van der Waals surface area contributed by atoms with E-state index in [9.17, 15) is 5.11 Å². The molecule has 0 radical (unpaired) electrons. The average Bonchev–Trinajstić information content (AvgIpc) is 2.97. The normalized spacial score (nSPS) is 12.6. The van der Waals surface area contributed by atoms with Crippen molar-refractivity contribution in [3.05, 3.63) is 65.4 Å². The Morgan fingerprint density at radius 1 is 1.03 bits per heavy atom. The van der Waals surface area contributed by atoms with Crippen LogP contribution in [0.1, 0.15) is 23.7 Å². The molecule has 5 nitrogen and oxygen atoms in total. The van der Waals surface area contributed by atoms with Gasteiger partial charge in [-0.05, 0) is 57.1 Å². The molecule has 0 amide bonds. The monoisotopic (exact) mass is 410 g/mol. The minimum Gasteiger partial charge on any atom is -0.491 e. The van der Waals surface area contributed by atoms with E-state index in [4.69, 9.17) is 9.47 Å². The maximum atomic E-state index is 10.7. The number of nitrogens with zero attached hydrogens (tertiary/aromatic N) is 2. The van der Waals surface area contributed by atoms with E-state index in [-0.39, 0.29) is 0 Å². The van der Waals surface area contributed by atoms with Crippen LogP contribution in [0.25, 0.3) is 10.9 Å². The number of aromatic nitrogens is 1. The zero-order valence-electron chi connectivity index (χ0n) is 18.6. The van der Waals surface area contributed by atoms with Crippen LogP contribution in [0.3, 0.4) is 0 Å². The molecule has 1 atom stereocenters. The van der Waals surface area contributed by atoms with Gasteiger partial charge in [-0.25, -0.2) is 0 Å². The van der Waals surface area contributed by atoms with Crippen LogP contribution >= 0.6 is 0 Å². The molecule has 0 spiro atoms. The fourth-order valence-electron chi connectivity index (χ4n) is 3.90. The number of aryl methyl sites for hydroxylation is 1. The first-order valence-electron chi connectivity index (χ1n) is 10.7. The van der Waals surface area contributed by atoms with E-state index in [0.717, 1.165) is 12.3 Å². The molecule has 0 fully saturated rings. The number of benzene rings is 2. The maximum Gasteiger partial charge on any atom is 0.119 e. The van der Waals surface area contributed by atoms with Gasteiger partial charge in [-0.2, -0.15) is 0 Å². The highest BCUT2D eigenvalue weighted by molar-refractivity contribution is 5.85.